The van der Waals surface area contributed by atoms with E-state index < -0.39 is 5.51 Å². The predicted molar refractivity (Wildman–Crippen MR) is 63.5 cm³/mol. The second-order valence-corrected chi connectivity index (χ2v) is 4.58. The molecule has 0 amide bonds. The Morgan fingerprint density at radius 1 is 1.44 bits per heavy atom. The van der Waals surface area contributed by atoms with Crippen molar-refractivity contribution < 1.29 is 13.2 Å². The lowest BCUT2D eigenvalue weighted by atomic mass is 10.2. The van der Waals surface area contributed by atoms with Crippen LogP contribution in [0, 0.1) is 6.92 Å². The van der Waals surface area contributed by atoms with Gasteiger partial charge >= 0.3 is 5.51 Å². The number of hydrogen-bond donors (Lipinski definition) is 2. The molecule has 0 saturated carbocycles. The number of nitrogens with two attached hydrogens (primary N) is 1. The number of thiocarbonyl (C=S) groups is 1. The fraction of sp³-hybridized carbons (Fsp3) is 0.222. The summed E-state index contributed by atoms with van der Waals surface area (Å²) in [5, 5.41) is 2.46. The summed E-state index contributed by atoms with van der Waals surface area (Å²) in [5.74, 6) is 0. The van der Waals surface area contributed by atoms with Gasteiger partial charge in [-0.3, -0.25) is 0 Å². The third-order valence-corrected chi connectivity index (χ3v) is 2.53. The first-order chi connectivity index (χ1) is 7.28. The molecule has 0 heterocycles. The SMILES string of the molecule is Cc1ccc(SC(F)(F)F)c(NC(N)=S)c1. The number of hydrogen-bond acceptors (Lipinski definition) is 2. The van der Waals surface area contributed by atoms with Gasteiger partial charge < -0.3 is 11.1 Å². The quantitative estimate of drug-likeness (QED) is 0.636. The molecule has 1 rings (SSSR count). The molecule has 88 valence electrons. The predicted octanol–water partition coefficient (Wildman–Crippen LogP) is 3.26. The van der Waals surface area contributed by atoms with Gasteiger partial charge in [0.15, 0.2) is 5.11 Å². The fourth-order valence-electron chi connectivity index (χ4n) is 1.09. The van der Waals surface area contributed by atoms with Crippen LogP contribution in [-0.4, -0.2) is 10.6 Å². The third kappa shape index (κ3) is 4.28. The van der Waals surface area contributed by atoms with E-state index in [0.717, 1.165) is 5.56 Å². The fourth-order valence-corrected chi connectivity index (χ4v) is 1.80. The number of aryl methyl sites for hydroxylation is 1. The van der Waals surface area contributed by atoms with Crippen LogP contribution < -0.4 is 11.1 Å². The molecule has 0 aliphatic rings. The Bertz CT molecular complexity index is 404. The Balaban J connectivity index is 3.02. The summed E-state index contributed by atoms with van der Waals surface area (Å²) in [6.07, 6.45) is 0. The van der Waals surface area contributed by atoms with Crippen LogP contribution in [0.1, 0.15) is 5.56 Å². The summed E-state index contributed by atoms with van der Waals surface area (Å²) in [7, 11) is 0. The number of anilines is 1. The number of thioether (sulfide) groups is 1. The van der Waals surface area contributed by atoms with E-state index in [9.17, 15) is 13.2 Å². The molecule has 1 aromatic carbocycles. The highest BCUT2D eigenvalue weighted by Crippen LogP contribution is 2.40. The second kappa shape index (κ2) is 4.92. The highest BCUT2D eigenvalue weighted by Gasteiger charge is 2.30. The molecule has 0 fully saturated rings. The van der Waals surface area contributed by atoms with Crippen molar-refractivity contribution in [3.8, 4) is 0 Å². The summed E-state index contributed by atoms with van der Waals surface area (Å²) in [6.45, 7) is 1.77. The topological polar surface area (TPSA) is 38.0 Å². The second-order valence-electron chi connectivity index (χ2n) is 3.04. The molecule has 0 spiro atoms. The Morgan fingerprint density at radius 3 is 2.56 bits per heavy atom. The molecule has 16 heavy (non-hydrogen) atoms. The lowest BCUT2D eigenvalue weighted by Gasteiger charge is -2.12. The number of nitrogens with one attached hydrogen (secondary N) is 1. The van der Waals surface area contributed by atoms with Crippen molar-refractivity contribution >= 4 is 34.8 Å². The molecule has 3 N–H and O–H groups in total. The maximum atomic E-state index is 12.2. The highest BCUT2D eigenvalue weighted by molar-refractivity contribution is 8.00. The molecule has 2 nitrogen and oxygen atoms in total. The van der Waals surface area contributed by atoms with Gasteiger partial charge in [-0.25, -0.2) is 0 Å². The summed E-state index contributed by atoms with van der Waals surface area (Å²) in [5.41, 5.74) is 2.00. The van der Waals surface area contributed by atoms with Gasteiger partial charge in [0.1, 0.15) is 0 Å². The first-order valence-electron chi connectivity index (χ1n) is 4.21. The standard InChI is InChI=1S/C9H9F3N2S2/c1-5-2-3-7(16-9(10,11)12)6(4-5)14-8(13)15/h2-4H,1H3,(H3,13,14,15). The third-order valence-electron chi connectivity index (χ3n) is 1.62. The molecule has 0 aromatic heterocycles. The van der Waals surface area contributed by atoms with E-state index in [1.807, 2.05) is 0 Å². The minimum absolute atomic E-state index is 0.0471. The van der Waals surface area contributed by atoms with Gasteiger partial charge in [-0.15, -0.1) is 0 Å². The van der Waals surface area contributed by atoms with Gasteiger partial charge in [0.05, 0.1) is 5.69 Å². The molecular formula is C9H9F3N2S2. The van der Waals surface area contributed by atoms with E-state index in [2.05, 4.69) is 17.5 Å². The molecule has 1 aromatic rings. The van der Waals surface area contributed by atoms with Crippen molar-refractivity contribution in [1.82, 2.24) is 0 Å². The maximum absolute atomic E-state index is 12.2. The zero-order valence-electron chi connectivity index (χ0n) is 8.26. The zero-order chi connectivity index (χ0) is 12.3. The summed E-state index contributed by atoms with van der Waals surface area (Å²) in [4.78, 5) is 0.0471. The van der Waals surface area contributed by atoms with E-state index in [4.69, 9.17) is 5.73 Å². The Morgan fingerprint density at radius 2 is 2.06 bits per heavy atom. The van der Waals surface area contributed by atoms with Crippen LogP contribution in [0.5, 0.6) is 0 Å². The summed E-state index contributed by atoms with van der Waals surface area (Å²) < 4.78 is 36.7. The molecule has 0 saturated heterocycles. The first-order valence-corrected chi connectivity index (χ1v) is 5.43. The van der Waals surface area contributed by atoms with E-state index in [-0.39, 0.29) is 27.5 Å². The normalized spacial score (nSPS) is 11.2. The lowest BCUT2D eigenvalue weighted by molar-refractivity contribution is -0.0327. The number of benzene rings is 1. The lowest BCUT2D eigenvalue weighted by Crippen LogP contribution is -2.19. The average molecular weight is 266 g/mol. The van der Waals surface area contributed by atoms with Crippen molar-refractivity contribution in [3.63, 3.8) is 0 Å². The zero-order valence-corrected chi connectivity index (χ0v) is 9.89. The molecule has 0 radical (unpaired) electrons. The molecule has 0 bridgehead atoms. The largest absolute Gasteiger partial charge is 0.446 e. The monoisotopic (exact) mass is 266 g/mol. The van der Waals surface area contributed by atoms with Crippen LogP contribution in [0.2, 0.25) is 0 Å². The van der Waals surface area contributed by atoms with Crippen LogP contribution in [0.4, 0.5) is 18.9 Å². The van der Waals surface area contributed by atoms with Crippen LogP contribution in [-0.2, 0) is 0 Å². The molecule has 0 atom stereocenters. The number of halogens is 3. The van der Waals surface area contributed by atoms with E-state index in [1.54, 1.807) is 19.1 Å². The van der Waals surface area contributed by atoms with Gasteiger partial charge in [0.2, 0.25) is 0 Å². The molecule has 0 aliphatic carbocycles. The first kappa shape index (κ1) is 13.1. The van der Waals surface area contributed by atoms with Crippen LogP contribution >= 0.6 is 24.0 Å². The molecule has 0 unspecified atom stereocenters. The van der Waals surface area contributed by atoms with Gasteiger partial charge in [-0.05, 0) is 48.6 Å². The van der Waals surface area contributed by atoms with Crippen molar-refractivity contribution in [2.45, 2.75) is 17.3 Å². The van der Waals surface area contributed by atoms with E-state index >= 15 is 0 Å². The Hall–Kier alpha value is -0.950. The van der Waals surface area contributed by atoms with Crippen LogP contribution in [0.25, 0.3) is 0 Å². The summed E-state index contributed by atoms with van der Waals surface area (Å²) in [6, 6.07) is 4.54. The number of alkyl halides is 3. The molecule has 0 aliphatic heterocycles. The van der Waals surface area contributed by atoms with Crippen LogP contribution in [0.15, 0.2) is 23.1 Å². The highest BCUT2D eigenvalue weighted by atomic mass is 32.2. The molecule has 7 heteroatoms. The van der Waals surface area contributed by atoms with Crippen molar-refractivity contribution in [2.24, 2.45) is 5.73 Å². The summed E-state index contributed by atoms with van der Waals surface area (Å²) >= 11 is 4.40. The van der Waals surface area contributed by atoms with Gasteiger partial charge in [0, 0.05) is 4.90 Å². The Kier molecular flexibility index (Phi) is 4.03. The van der Waals surface area contributed by atoms with Crippen LogP contribution in [0.3, 0.4) is 0 Å². The van der Waals surface area contributed by atoms with Crippen molar-refractivity contribution in [1.29, 1.82) is 0 Å². The average Bonchev–Trinajstić information content (AvgIpc) is 2.06. The van der Waals surface area contributed by atoms with Crippen molar-refractivity contribution in [2.75, 3.05) is 5.32 Å². The number of rotatable bonds is 2. The minimum Gasteiger partial charge on any atom is -0.376 e. The van der Waals surface area contributed by atoms with Gasteiger partial charge in [0.25, 0.3) is 0 Å². The van der Waals surface area contributed by atoms with Gasteiger partial charge in [-0.2, -0.15) is 13.2 Å². The maximum Gasteiger partial charge on any atom is 0.446 e. The Labute approximate surface area is 100 Å². The van der Waals surface area contributed by atoms with Gasteiger partial charge in [-0.1, -0.05) is 6.07 Å². The van der Waals surface area contributed by atoms with E-state index in [0.29, 0.717) is 0 Å². The smallest absolute Gasteiger partial charge is 0.376 e. The van der Waals surface area contributed by atoms with E-state index in [1.165, 1.54) is 6.07 Å². The minimum atomic E-state index is -4.33. The van der Waals surface area contributed by atoms with Crippen molar-refractivity contribution in [3.05, 3.63) is 23.8 Å². The molecular weight excluding hydrogens is 257 g/mol.